The number of pyridine rings is 2. The number of nitrogens with one attached hydrogen (secondary N) is 2. The van der Waals surface area contributed by atoms with E-state index in [9.17, 15) is 4.79 Å². The van der Waals surface area contributed by atoms with Crippen molar-refractivity contribution in [2.45, 2.75) is 6.54 Å². The topological polar surface area (TPSA) is 83.1 Å². The van der Waals surface area contributed by atoms with Crippen molar-refractivity contribution in [3.05, 3.63) is 96.6 Å². The van der Waals surface area contributed by atoms with Gasteiger partial charge in [0.2, 0.25) is 0 Å². The number of para-hydroxylation sites is 1. The lowest BCUT2D eigenvalue weighted by atomic mass is 9.99. The Balaban J connectivity index is 1.54. The van der Waals surface area contributed by atoms with E-state index < -0.39 is 0 Å². The van der Waals surface area contributed by atoms with Crippen LogP contribution < -0.4 is 10.1 Å². The molecule has 36 heavy (non-hydrogen) atoms. The first-order valence-electron chi connectivity index (χ1n) is 11.7. The molecule has 1 amide bonds. The van der Waals surface area contributed by atoms with Crippen LogP contribution >= 0.6 is 0 Å². The minimum absolute atomic E-state index is 0.0780. The highest BCUT2D eigenvalue weighted by Gasteiger charge is 2.17. The molecule has 0 unspecified atom stereocenters. The van der Waals surface area contributed by atoms with Gasteiger partial charge in [-0.2, -0.15) is 0 Å². The average Bonchev–Trinajstić information content (AvgIpc) is 3.35. The summed E-state index contributed by atoms with van der Waals surface area (Å²) in [4.78, 5) is 26.9. The molecule has 0 fully saturated rings. The second kappa shape index (κ2) is 9.92. The predicted octanol–water partition coefficient (Wildman–Crippen LogP) is 5.61. The zero-order valence-corrected chi connectivity index (χ0v) is 20.4. The monoisotopic (exact) mass is 477 g/mol. The molecule has 7 heteroatoms. The Labute approximate surface area is 209 Å². The SMILES string of the molecule is COc1ccccc1-c1c[nH]c2ncc(-c3ccc(NCc4ccccn4)c(C(=O)N(C)C)c3)cc12. The first-order chi connectivity index (χ1) is 17.5. The van der Waals surface area contributed by atoms with Gasteiger partial charge in [0.15, 0.2) is 0 Å². The molecule has 0 bridgehead atoms. The summed E-state index contributed by atoms with van der Waals surface area (Å²) in [6.45, 7) is 0.521. The highest BCUT2D eigenvalue weighted by Crippen LogP contribution is 2.36. The van der Waals surface area contributed by atoms with Crippen LogP contribution in [0.5, 0.6) is 5.75 Å². The molecule has 0 spiro atoms. The zero-order valence-electron chi connectivity index (χ0n) is 20.4. The molecular weight excluding hydrogens is 450 g/mol. The summed E-state index contributed by atoms with van der Waals surface area (Å²) in [7, 11) is 5.18. The molecule has 0 saturated heterocycles. The highest BCUT2D eigenvalue weighted by atomic mass is 16.5. The molecule has 2 N–H and O–H groups in total. The second-order valence-electron chi connectivity index (χ2n) is 8.66. The van der Waals surface area contributed by atoms with Crippen molar-refractivity contribution in [1.82, 2.24) is 19.9 Å². The maximum absolute atomic E-state index is 13.1. The number of nitrogens with zero attached hydrogens (tertiary/aromatic N) is 3. The van der Waals surface area contributed by atoms with Crippen LogP contribution in [0, 0.1) is 0 Å². The number of amides is 1. The van der Waals surface area contributed by atoms with Crippen molar-refractivity contribution < 1.29 is 9.53 Å². The van der Waals surface area contributed by atoms with Crippen LogP contribution in [0.25, 0.3) is 33.3 Å². The van der Waals surface area contributed by atoms with Crippen molar-refractivity contribution >= 4 is 22.6 Å². The van der Waals surface area contributed by atoms with Crippen molar-refractivity contribution in [3.63, 3.8) is 0 Å². The van der Waals surface area contributed by atoms with E-state index in [1.54, 1.807) is 32.3 Å². The Morgan fingerprint density at radius 3 is 2.58 bits per heavy atom. The van der Waals surface area contributed by atoms with Crippen LogP contribution in [-0.2, 0) is 6.54 Å². The number of hydrogen-bond acceptors (Lipinski definition) is 5. The van der Waals surface area contributed by atoms with Crippen LogP contribution in [0.4, 0.5) is 5.69 Å². The number of carbonyl (C=O) groups excluding carboxylic acids is 1. The molecule has 0 atom stereocenters. The fourth-order valence-corrected chi connectivity index (χ4v) is 4.24. The van der Waals surface area contributed by atoms with Gasteiger partial charge in [-0.3, -0.25) is 9.78 Å². The number of benzene rings is 2. The number of hydrogen-bond donors (Lipinski definition) is 2. The molecule has 0 aliphatic rings. The summed E-state index contributed by atoms with van der Waals surface area (Å²) < 4.78 is 5.58. The van der Waals surface area contributed by atoms with Gasteiger partial charge in [-0.15, -0.1) is 0 Å². The van der Waals surface area contributed by atoms with Gasteiger partial charge in [0.25, 0.3) is 5.91 Å². The Morgan fingerprint density at radius 2 is 1.81 bits per heavy atom. The van der Waals surface area contributed by atoms with Crippen LogP contribution in [0.15, 0.2) is 85.3 Å². The number of anilines is 1. The lowest BCUT2D eigenvalue weighted by molar-refractivity contribution is 0.0828. The van der Waals surface area contributed by atoms with Crippen molar-refractivity contribution in [2.24, 2.45) is 0 Å². The highest BCUT2D eigenvalue weighted by molar-refractivity contribution is 6.01. The molecule has 0 aliphatic carbocycles. The second-order valence-corrected chi connectivity index (χ2v) is 8.66. The number of H-pyrrole nitrogens is 1. The van der Waals surface area contributed by atoms with E-state index in [0.717, 1.165) is 50.4 Å². The number of aromatic nitrogens is 3. The fourth-order valence-electron chi connectivity index (χ4n) is 4.24. The number of aromatic amines is 1. The van der Waals surface area contributed by atoms with Gasteiger partial charge in [0.05, 0.1) is 24.9 Å². The normalized spacial score (nSPS) is 10.9. The first kappa shape index (κ1) is 23.1. The van der Waals surface area contributed by atoms with Gasteiger partial charge in [-0.25, -0.2) is 4.98 Å². The maximum Gasteiger partial charge on any atom is 0.255 e. The van der Waals surface area contributed by atoms with E-state index in [-0.39, 0.29) is 5.91 Å². The third kappa shape index (κ3) is 4.51. The van der Waals surface area contributed by atoms with E-state index >= 15 is 0 Å². The number of fused-ring (bicyclic) bond motifs is 1. The van der Waals surface area contributed by atoms with Crippen molar-refractivity contribution in [3.8, 4) is 28.0 Å². The van der Waals surface area contributed by atoms with Crippen molar-refractivity contribution in [1.29, 1.82) is 0 Å². The fraction of sp³-hybridized carbons (Fsp3) is 0.138. The van der Waals surface area contributed by atoms with Crippen LogP contribution in [0.3, 0.4) is 0 Å². The zero-order chi connectivity index (χ0) is 25.1. The molecule has 2 aromatic carbocycles. The minimum atomic E-state index is -0.0780. The van der Waals surface area contributed by atoms with Crippen LogP contribution in [0.2, 0.25) is 0 Å². The average molecular weight is 478 g/mol. The summed E-state index contributed by atoms with van der Waals surface area (Å²) in [5.41, 5.74) is 6.86. The van der Waals surface area contributed by atoms with Gasteiger partial charge >= 0.3 is 0 Å². The summed E-state index contributed by atoms with van der Waals surface area (Å²) in [5, 5.41) is 4.35. The molecule has 0 aliphatic heterocycles. The molecule has 3 heterocycles. The van der Waals surface area contributed by atoms with E-state index in [2.05, 4.69) is 26.3 Å². The summed E-state index contributed by atoms with van der Waals surface area (Å²) in [5.74, 6) is 0.719. The number of carbonyl (C=O) groups is 1. The maximum atomic E-state index is 13.1. The quantitative estimate of drug-likeness (QED) is 0.318. The molecular formula is C29H27N5O2. The standard InChI is InChI=1S/C29H27N5O2/c1-34(2)29(35)24-14-19(11-12-26(24)31-17-21-8-6-7-13-30-21)20-15-23-25(18-33-28(23)32-16-20)22-9-4-5-10-27(22)36-3/h4-16,18,31H,17H2,1-3H3,(H,32,33). The minimum Gasteiger partial charge on any atom is -0.496 e. The Hall–Kier alpha value is -4.65. The third-order valence-corrected chi connectivity index (χ3v) is 6.10. The molecule has 7 nitrogen and oxygen atoms in total. The first-order valence-corrected chi connectivity index (χ1v) is 11.7. The summed E-state index contributed by atoms with van der Waals surface area (Å²) in [6.07, 6.45) is 5.53. The number of rotatable bonds is 7. The van der Waals surface area contributed by atoms with E-state index in [1.165, 1.54) is 0 Å². The number of ether oxygens (including phenoxy) is 1. The number of methoxy groups -OCH3 is 1. The molecule has 5 rings (SSSR count). The largest absolute Gasteiger partial charge is 0.496 e. The van der Waals surface area contributed by atoms with Gasteiger partial charge in [-0.1, -0.05) is 30.3 Å². The van der Waals surface area contributed by atoms with Crippen molar-refractivity contribution in [2.75, 3.05) is 26.5 Å². The molecule has 3 aromatic heterocycles. The van der Waals surface area contributed by atoms with E-state index in [0.29, 0.717) is 12.1 Å². The molecule has 180 valence electrons. The third-order valence-electron chi connectivity index (χ3n) is 6.10. The van der Waals surface area contributed by atoms with E-state index in [1.807, 2.05) is 73.1 Å². The van der Waals surface area contributed by atoms with Crippen LogP contribution in [0.1, 0.15) is 16.1 Å². The lowest BCUT2D eigenvalue weighted by Crippen LogP contribution is -2.23. The molecule has 5 aromatic rings. The Morgan fingerprint density at radius 1 is 0.972 bits per heavy atom. The summed E-state index contributed by atoms with van der Waals surface area (Å²) >= 11 is 0. The molecule has 0 saturated carbocycles. The van der Waals surface area contributed by atoms with Crippen LogP contribution in [-0.4, -0.2) is 47.0 Å². The molecule has 0 radical (unpaired) electrons. The predicted molar refractivity (Wildman–Crippen MR) is 143 cm³/mol. The van der Waals surface area contributed by atoms with Gasteiger partial charge < -0.3 is 19.9 Å². The van der Waals surface area contributed by atoms with Gasteiger partial charge in [0.1, 0.15) is 11.4 Å². The van der Waals surface area contributed by atoms with Gasteiger partial charge in [0, 0.05) is 60.4 Å². The smallest absolute Gasteiger partial charge is 0.255 e. The Kier molecular flexibility index (Phi) is 6.36. The van der Waals surface area contributed by atoms with E-state index in [4.69, 9.17) is 4.74 Å². The Bertz CT molecular complexity index is 1530. The lowest BCUT2D eigenvalue weighted by Gasteiger charge is -2.17. The summed E-state index contributed by atoms with van der Waals surface area (Å²) in [6, 6.07) is 21.7. The van der Waals surface area contributed by atoms with Gasteiger partial charge in [-0.05, 0) is 42.0 Å².